The average molecular weight is 522 g/mol. The molecule has 0 saturated carbocycles. The third kappa shape index (κ3) is 5.14. The second kappa shape index (κ2) is 10.2. The van der Waals surface area contributed by atoms with Gasteiger partial charge in [-0.2, -0.15) is 0 Å². The molecule has 180 valence electrons. The number of nitrogens with one attached hydrogen (secondary N) is 1. The number of thiophene rings is 1. The van der Waals surface area contributed by atoms with E-state index >= 15 is 0 Å². The van der Waals surface area contributed by atoms with Crippen LogP contribution >= 0.6 is 34.5 Å². The molecule has 0 fully saturated rings. The molecule has 34 heavy (non-hydrogen) atoms. The lowest BCUT2D eigenvalue weighted by atomic mass is 10.0. The molecule has 0 aliphatic rings. The molecule has 0 bridgehead atoms. The molecule has 3 rings (SSSR count). The molecule has 0 spiro atoms. The Morgan fingerprint density at radius 2 is 1.76 bits per heavy atom. The number of halogens is 2. The topological polar surface area (TPSA) is 113 Å². The minimum atomic E-state index is -0.765. The quantitative estimate of drug-likeness (QED) is 0.372. The standard InChI is InChI=1S/C24H25Cl2N3O4S/c1-11(2)12(3)29(13(4)30)10-14-5-7-15(8-6-14)23(33)28-24-18(22(27)32)16-9-17(25)20(31)19(26)21(16)34-24/h5-9,11-12,31H,10H2,1-4H3,(H2,27,32)(H,28,33). The number of primary amides is 1. The van der Waals surface area contributed by atoms with Crippen molar-refractivity contribution in [2.24, 2.45) is 11.7 Å². The third-order valence-corrected chi connectivity index (χ3v) is 7.66. The molecule has 10 heteroatoms. The lowest BCUT2D eigenvalue weighted by molar-refractivity contribution is -0.132. The van der Waals surface area contributed by atoms with Gasteiger partial charge in [-0.15, -0.1) is 11.3 Å². The van der Waals surface area contributed by atoms with Crippen molar-refractivity contribution in [1.29, 1.82) is 0 Å². The van der Waals surface area contributed by atoms with Crippen LogP contribution in [0.5, 0.6) is 5.75 Å². The number of hydrogen-bond donors (Lipinski definition) is 3. The van der Waals surface area contributed by atoms with E-state index in [0.29, 0.717) is 28.1 Å². The molecule has 7 nitrogen and oxygen atoms in total. The van der Waals surface area contributed by atoms with Crippen LogP contribution < -0.4 is 11.1 Å². The molecule has 4 N–H and O–H groups in total. The Morgan fingerprint density at radius 3 is 2.29 bits per heavy atom. The zero-order valence-corrected chi connectivity index (χ0v) is 21.4. The second-order valence-corrected chi connectivity index (χ2v) is 10.2. The smallest absolute Gasteiger partial charge is 0.256 e. The van der Waals surface area contributed by atoms with Crippen molar-refractivity contribution < 1.29 is 19.5 Å². The van der Waals surface area contributed by atoms with E-state index < -0.39 is 11.8 Å². The van der Waals surface area contributed by atoms with Crippen molar-refractivity contribution in [3.8, 4) is 5.75 Å². The molecular weight excluding hydrogens is 497 g/mol. The Morgan fingerprint density at radius 1 is 1.15 bits per heavy atom. The van der Waals surface area contributed by atoms with Crippen molar-refractivity contribution >= 4 is 67.3 Å². The highest BCUT2D eigenvalue weighted by molar-refractivity contribution is 7.24. The first-order chi connectivity index (χ1) is 15.9. The van der Waals surface area contributed by atoms with E-state index in [9.17, 15) is 19.5 Å². The van der Waals surface area contributed by atoms with E-state index in [-0.39, 0.29) is 38.3 Å². The Bertz CT molecular complexity index is 1270. The molecule has 1 atom stereocenters. The number of rotatable bonds is 7. The molecule has 0 radical (unpaired) electrons. The molecule has 0 aliphatic carbocycles. The van der Waals surface area contributed by atoms with Gasteiger partial charge in [-0.1, -0.05) is 49.2 Å². The third-order valence-electron chi connectivity index (χ3n) is 5.75. The summed E-state index contributed by atoms with van der Waals surface area (Å²) in [7, 11) is 0. The van der Waals surface area contributed by atoms with Gasteiger partial charge >= 0.3 is 0 Å². The zero-order chi connectivity index (χ0) is 25.3. The Labute approximate surface area is 211 Å². The lowest BCUT2D eigenvalue weighted by Crippen LogP contribution is -2.39. The van der Waals surface area contributed by atoms with Crippen LogP contribution in [0.2, 0.25) is 10.0 Å². The minimum absolute atomic E-state index is 0.0171. The number of amides is 3. The van der Waals surface area contributed by atoms with Gasteiger partial charge in [0.1, 0.15) is 10.0 Å². The fraction of sp³-hybridized carbons (Fsp3) is 0.292. The summed E-state index contributed by atoms with van der Waals surface area (Å²) in [5.41, 5.74) is 6.85. The first-order valence-electron chi connectivity index (χ1n) is 10.5. The zero-order valence-electron chi connectivity index (χ0n) is 19.1. The van der Waals surface area contributed by atoms with E-state index in [0.717, 1.165) is 16.9 Å². The molecule has 1 heterocycles. The Kier molecular flexibility index (Phi) is 7.75. The summed E-state index contributed by atoms with van der Waals surface area (Å²) < 4.78 is 0.381. The Hall–Kier alpha value is -2.81. The molecular formula is C24H25Cl2N3O4S. The monoisotopic (exact) mass is 521 g/mol. The molecule has 1 unspecified atom stereocenters. The Balaban J connectivity index is 1.86. The summed E-state index contributed by atoms with van der Waals surface area (Å²) in [6.07, 6.45) is 0. The van der Waals surface area contributed by atoms with Crippen LogP contribution in [-0.2, 0) is 11.3 Å². The highest BCUT2D eigenvalue weighted by Crippen LogP contribution is 2.46. The predicted octanol–water partition coefficient (Wildman–Crippen LogP) is 5.66. The molecule has 0 saturated heterocycles. The van der Waals surface area contributed by atoms with Gasteiger partial charge in [-0.25, -0.2) is 0 Å². The number of hydrogen-bond acceptors (Lipinski definition) is 5. The van der Waals surface area contributed by atoms with Crippen LogP contribution in [0.3, 0.4) is 0 Å². The van der Waals surface area contributed by atoms with E-state index in [1.54, 1.807) is 36.1 Å². The first-order valence-corrected chi connectivity index (χ1v) is 12.1. The average Bonchev–Trinajstić information content (AvgIpc) is 3.13. The number of anilines is 1. The van der Waals surface area contributed by atoms with Crippen LogP contribution in [0.1, 0.15) is 54.0 Å². The highest BCUT2D eigenvalue weighted by Gasteiger charge is 2.24. The fourth-order valence-corrected chi connectivity index (χ4v) is 5.21. The number of benzene rings is 2. The van der Waals surface area contributed by atoms with Crippen LogP contribution in [0.4, 0.5) is 5.00 Å². The summed E-state index contributed by atoms with van der Waals surface area (Å²) in [6, 6.07) is 8.32. The normalized spacial score (nSPS) is 12.1. The first kappa shape index (κ1) is 25.8. The van der Waals surface area contributed by atoms with Gasteiger partial charge in [0, 0.05) is 30.5 Å². The maximum absolute atomic E-state index is 12.9. The van der Waals surface area contributed by atoms with E-state index in [1.165, 1.54) is 6.07 Å². The van der Waals surface area contributed by atoms with Gasteiger partial charge in [0.25, 0.3) is 11.8 Å². The van der Waals surface area contributed by atoms with E-state index in [1.807, 2.05) is 6.92 Å². The highest BCUT2D eigenvalue weighted by atomic mass is 35.5. The summed E-state index contributed by atoms with van der Waals surface area (Å²) in [6.45, 7) is 8.10. The number of phenols is 1. The number of carbonyl (C=O) groups is 3. The van der Waals surface area contributed by atoms with Gasteiger partial charge in [0.15, 0.2) is 5.75 Å². The van der Waals surface area contributed by atoms with Crippen molar-refractivity contribution in [3.63, 3.8) is 0 Å². The maximum Gasteiger partial charge on any atom is 0.256 e. The summed E-state index contributed by atoms with van der Waals surface area (Å²) in [4.78, 5) is 38.9. The number of phenolic OH excluding ortho intramolecular Hbond substituents is 1. The van der Waals surface area contributed by atoms with Gasteiger partial charge < -0.3 is 21.1 Å². The van der Waals surface area contributed by atoms with Crippen LogP contribution in [0, 0.1) is 5.92 Å². The van der Waals surface area contributed by atoms with Crippen molar-refractivity contribution in [1.82, 2.24) is 4.90 Å². The van der Waals surface area contributed by atoms with Crippen LogP contribution in [0.15, 0.2) is 30.3 Å². The van der Waals surface area contributed by atoms with Gasteiger partial charge in [0.05, 0.1) is 15.3 Å². The molecule has 3 aromatic rings. The van der Waals surface area contributed by atoms with Crippen molar-refractivity contribution in [3.05, 3.63) is 57.1 Å². The second-order valence-electron chi connectivity index (χ2n) is 8.35. The van der Waals surface area contributed by atoms with Gasteiger partial charge in [-0.05, 0) is 36.6 Å². The number of nitrogens with two attached hydrogens (primary N) is 1. The predicted molar refractivity (Wildman–Crippen MR) is 137 cm³/mol. The maximum atomic E-state index is 12.9. The SMILES string of the molecule is CC(=O)N(Cc1ccc(C(=O)Nc2sc3c(Cl)c(O)c(Cl)cc3c2C(N)=O)cc1)C(C)C(C)C. The van der Waals surface area contributed by atoms with E-state index in [4.69, 9.17) is 28.9 Å². The van der Waals surface area contributed by atoms with Gasteiger partial charge in [-0.3, -0.25) is 14.4 Å². The summed E-state index contributed by atoms with van der Waals surface area (Å²) in [5, 5.41) is 13.2. The molecule has 1 aromatic heterocycles. The number of fused-ring (bicyclic) bond motifs is 1. The summed E-state index contributed by atoms with van der Waals surface area (Å²) in [5.74, 6) is -1.24. The minimum Gasteiger partial charge on any atom is -0.505 e. The van der Waals surface area contributed by atoms with Crippen molar-refractivity contribution in [2.45, 2.75) is 40.3 Å². The molecule has 2 aromatic carbocycles. The van der Waals surface area contributed by atoms with Gasteiger partial charge in [0.2, 0.25) is 5.91 Å². The number of carbonyl (C=O) groups excluding carboxylic acids is 3. The fourth-order valence-electron chi connectivity index (χ4n) is 3.52. The number of aromatic hydroxyl groups is 1. The van der Waals surface area contributed by atoms with Crippen LogP contribution in [-0.4, -0.2) is 33.8 Å². The van der Waals surface area contributed by atoms with Crippen LogP contribution in [0.25, 0.3) is 10.1 Å². The van der Waals surface area contributed by atoms with Crippen molar-refractivity contribution in [2.75, 3.05) is 5.32 Å². The number of nitrogens with zero attached hydrogens (tertiary/aromatic N) is 1. The molecule has 3 amide bonds. The van der Waals surface area contributed by atoms with E-state index in [2.05, 4.69) is 19.2 Å². The largest absolute Gasteiger partial charge is 0.505 e. The molecule has 0 aliphatic heterocycles. The summed E-state index contributed by atoms with van der Waals surface area (Å²) >= 11 is 13.2. The lowest BCUT2D eigenvalue weighted by Gasteiger charge is -2.31.